The van der Waals surface area contributed by atoms with Gasteiger partial charge < -0.3 is 5.32 Å². The molecule has 3 rings (SSSR count). The van der Waals surface area contributed by atoms with Crippen molar-refractivity contribution in [3.8, 4) is 5.82 Å². The second kappa shape index (κ2) is 6.93. The van der Waals surface area contributed by atoms with E-state index >= 15 is 0 Å². The summed E-state index contributed by atoms with van der Waals surface area (Å²) in [4.78, 5) is 16.5. The summed E-state index contributed by atoms with van der Waals surface area (Å²) in [6, 6.07) is 7.33. The highest BCUT2D eigenvalue weighted by Crippen LogP contribution is 2.31. The Bertz CT molecular complexity index is 886. The lowest BCUT2D eigenvalue weighted by molar-refractivity contribution is 0.0951. The molecule has 3 heterocycles. The van der Waals surface area contributed by atoms with Crippen LogP contribution in [0.4, 0.5) is 0 Å². The topological polar surface area (TPSA) is 59.8 Å². The summed E-state index contributed by atoms with van der Waals surface area (Å²) in [6.07, 6.45) is 1.72. The van der Waals surface area contributed by atoms with Crippen molar-refractivity contribution < 1.29 is 4.79 Å². The van der Waals surface area contributed by atoms with E-state index in [1.165, 1.54) is 11.3 Å². The van der Waals surface area contributed by atoms with Crippen LogP contribution in [-0.2, 0) is 6.54 Å². The van der Waals surface area contributed by atoms with Crippen LogP contribution in [0.15, 0.2) is 30.5 Å². The number of carbonyl (C=O) groups excluding carboxylic acids is 1. The van der Waals surface area contributed by atoms with Gasteiger partial charge >= 0.3 is 0 Å². The van der Waals surface area contributed by atoms with Gasteiger partial charge in [-0.05, 0) is 37.6 Å². The highest BCUT2D eigenvalue weighted by Gasteiger charge is 2.14. The van der Waals surface area contributed by atoms with E-state index in [1.807, 2.05) is 32.0 Å². The highest BCUT2D eigenvalue weighted by molar-refractivity contribution is 7.20. The molecule has 3 aromatic heterocycles. The molecule has 0 atom stereocenters. The van der Waals surface area contributed by atoms with Crippen LogP contribution in [0.1, 0.15) is 27.3 Å². The molecule has 0 fully saturated rings. The number of aryl methyl sites for hydroxylation is 2. The van der Waals surface area contributed by atoms with Crippen molar-refractivity contribution in [2.24, 2.45) is 0 Å². The summed E-state index contributed by atoms with van der Waals surface area (Å²) < 4.78 is 2.65. The molecule has 5 nitrogen and oxygen atoms in total. The van der Waals surface area contributed by atoms with Crippen molar-refractivity contribution in [3.05, 3.63) is 61.6 Å². The average molecular weight is 381 g/mol. The summed E-state index contributed by atoms with van der Waals surface area (Å²) >= 11 is 13.0. The minimum Gasteiger partial charge on any atom is -0.348 e. The fraction of sp³-hybridized carbons (Fsp3) is 0.188. The zero-order valence-corrected chi connectivity index (χ0v) is 15.3. The smallest absolute Gasteiger partial charge is 0.253 e. The van der Waals surface area contributed by atoms with Gasteiger partial charge in [0, 0.05) is 18.4 Å². The van der Waals surface area contributed by atoms with E-state index in [9.17, 15) is 4.79 Å². The number of nitrogens with one attached hydrogen (secondary N) is 1. The molecule has 0 unspecified atom stereocenters. The lowest BCUT2D eigenvalue weighted by Crippen LogP contribution is -2.22. The molecule has 1 amide bonds. The Kier molecular flexibility index (Phi) is 4.89. The first kappa shape index (κ1) is 17.0. The van der Waals surface area contributed by atoms with Gasteiger partial charge in [-0.3, -0.25) is 4.79 Å². The number of thiophene rings is 1. The minimum atomic E-state index is -0.259. The SMILES string of the molecule is Cc1cc(C)n(-c2ccc(CNC(=O)c3cc(Cl)sc3Cl)cn2)n1. The largest absolute Gasteiger partial charge is 0.348 e. The number of halogens is 2. The first-order valence-corrected chi connectivity index (χ1v) is 8.73. The molecular formula is C16H14Cl2N4OS. The molecule has 24 heavy (non-hydrogen) atoms. The Morgan fingerprint density at radius 2 is 2.08 bits per heavy atom. The van der Waals surface area contributed by atoms with Crippen molar-refractivity contribution in [2.75, 3.05) is 0 Å². The van der Waals surface area contributed by atoms with E-state index in [4.69, 9.17) is 23.2 Å². The molecule has 0 aromatic carbocycles. The van der Waals surface area contributed by atoms with Crippen LogP contribution in [0.25, 0.3) is 5.82 Å². The maximum absolute atomic E-state index is 12.1. The van der Waals surface area contributed by atoms with Gasteiger partial charge in [0.15, 0.2) is 5.82 Å². The molecule has 0 bridgehead atoms. The third-order valence-electron chi connectivity index (χ3n) is 3.39. The van der Waals surface area contributed by atoms with Crippen LogP contribution in [0.3, 0.4) is 0 Å². The molecule has 124 valence electrons. The normalized spacial score (nSPS) is 10.8. The van der Waals surface area contributed by atoms with Crippen molar-refractivity contribution in [3.63, 3.8) is 0 Å². The number of nitrogens with zero attached hydrogens (tertiary/aromatic N) is 3. The zero-order valence-electron chi connectivity index (χ0n) is 13.0. The highest BCUT2D eigenvalue weighted by atomic mass is 35.5. The Balaban J connectivity index is 1.67. The molecule has 1 N–H and O–H groups in total. The molecule has 0 aliphatic carbocycles. The molecule has 0 aliphatic rings. The second-order valence-electron chi connectivity index (χ2n) is 5.28. The van der Waals surface area contributed by atoms with Crippen molar-refractivity contribution >= 4 is 40.4 Å². The molecule has 0 aliphatic heterocycles. The number of hydrogen-bond donors (Lipinski definition) is 1. The van der Waals surface area contributed by atoms with Gasteiger partial charge in [-0.2, -0.15) is 5.10 Å². The molecule has 0 radical (unpaired) electrons. The second-order valence-corrected chi connectivity index (χ2v) is 7.57. The molecule has 3 aromatic rings. The van der Waals surface area contributed by atoms with Gasteiger partial charge in [0.2, 0.25) is 0 Å². The van der Waals surface area contributed by atoms with Gasteiger partial charge in [0.1, 0.15) is 4.34 Å². The third-order valence-corrected chi connectivity index (χ3v) is 4.88. The van der Waals surface area contributed by atoms with Crippen LogP contribution in [0.5, 0.6) is 0 Å². The Hall–Kier alpha value is -1.89. The summed E-state index contributed by atoms with van der Waals surface area (Å²) in [5.41, 5.74) is 3.23. The monoisotopic (exact) mass is 380 g/mol. The number of rotatable bonds is 4. The van der Waals surface area contributed by atoms with E-state index in [-0.39, 0.29) is 5.91 Å². The fourth-order valence-corrected chi connectivity index (χ4v) is 3.74. The molecule has 0 spiro atoms. The van der Waals surface area contributed by atoms with Gasteiger partial charge in [-0.1, -0.05) is 29.3 Å². The summed E-state index contributed by atoms with van der Waals surface area (Å²) in [7, 11) is 0. The van der Waals surface area contributed by atoms with Crippen molar-refractivity contribution in [1.29, 1.82) is 0 Å². The van der Waals surface area contributed by atoms with Gasteiger partial charge in [0.05, 0.1) is 15.6 Å². The van der Waals surface area contributed by atoms with Gasteiger partial charge in [-0.15, -0.1) is 11.3 Å². The van der Waals surface area contributed by atoms with E-state index in [0.717, 1.165) is 22.8 Å². The van der Waals surface area contributed by atoms with Crippen molar-refractivity contribution in [1.82, 2.24) is 20.1 Å². The lowest BCUT2D eigenvalue weighted by atomic mass is 10.2. The molecule has 0 saturated carbocycles. The quantitative estimate of drug-likeness (QED) is 0.738. The summed E-state index contributed by atoms with van der Waals surface area (Å²) in [5, 5.41) is 7.20. The predicted molar refractivity (Wildman–Crippen MR) is 96.3 cm³/mol. The maximum atomic E-state index is 12.1. The molecule has 0 saturated heterocycles. The average Bonchev–Trinajstić information content (AvgIpc) is 3.06. The number of aromatic nitrogens is 3. The van der Waals surface area contributed by atoms with E-state index in [2.05, 4.69) is 15.4 Å². The number of carbonyl (C=O) groups is 1. The minimum absolute atomic E-state index is 0.259. The Labute approximate surface area is 153 Å². The Morgan fingerprint density at radius 3 is 2.62 bits per heavy atom. The predicted octanol–water partition coefficient (Wildman–Crippen LogP) is 4.18. The zero-order chi connectivity index (χ0) is 17.3. The van der Waals surface area contributed by atoms with Crippen LogP contribution < -0.4 is 5.32 Å². The van der Waals surface area contributed by atoms with Crippen molar-refractivity contribution in [2.45, 2.75) is 20.4 Å². The van der Waals surface area contributed by atoms with E-state index in [1.54, 1.807) is 16.9 Å². The molecule has 8 heteroatoms. The fourth-order valence-electron chi connectivity index (χ4n) is 2.28. The van der Waals surface area contributed by atoms with Crippen LogP contribution >= 0.6 is 34.5 Å². The molecular weight excluding hydrogens is 367 g/mol. The lowest BCUT2D eigenvalue weighted by Gasteiger charge is -2.07. The summed E-state index contributed by atoms with van der Waals surface area (Å²) in [5.74, 6) is 0.481. The number of amides is 1. The van der Waals surface area contributed by atoms with Crippen LogP contribution in [0.2, 0.25) is 8.67 Å². The van der Waals surface area contributed by atoms with Crippen LogP contribution in [-0.4, -0.2) is 20.7 Å². The summed E-state index contributed by atoms with van der Waals surface area (Å²) in [6.45, 7) is 4.27. The number of hydrogen-bond acceptors (Lipinski definition) is 4. The van der Waals surface area contributed by atoms with E-state index < -0.39 is 0 Å². The first-order valence-electron chi connectivity index (χ1n) is 7.15. The third kappa shape index (κ3) is 3.61. The van der Waals surface area contributed by atoms with E-state index in [0.29, 0.717) is 20.8 Å². The first-order chi connectivity index (χ1) is 11.4. The van der Waals surface area contributed by atoms with Crippen LogP contribution in [0, 0.1) is 13.8 Å². The van der Waals surface area contributed by atoms with Gasteiger partial charge in [0.25, 0.3) is 5.91 Å². The Morgan fingerprint density at radius 1 is 1.29 bits per heavy atom. The number of pyridine rings is 1. The standard InChI is InChI=1S/C16H14Cl2N4OS/c1-9-5-10(2)22(21-9)14-4-3-11(7-19-14)8-20-16(23)12-6-13(17)24-15(12)18/h3-7H,8H2,1-2H3,(H,20,23). The maximum Gasteiger partial charge on any atom is 0.253 e. The van der Waals surface area contributed by atoms with Gasteiger partial charge in [-0.25, -0.2) is 9.67 Å².